The molecule has 9 heteroatoms. The smallest absolute Gasteiger partial charge is 0.233 e. The van der Waals surface area contributed by atoms with Crippen LogP contribution in [0.3, 0.4) is 0 Å². The molecule has 0 atom stereocenters. The van der Waals surface area contributed by atoms with Gasteiger partial charge in [-0.25, -0.2) is 0 Å². The molecule has 0 aliphatic carbocycles. The standard InChI is InChI=1S/C21H18N6S3/c28-16-7-1-13(2-8-16)22-19-25-20(23-14-3-9-17(29)10-4-14)27-21(26-19)24-15-5-11-18(30)12-6-15/h1-12,28-30H,(H3,22,23,24,25,26,27). The molecule has 4 rings (SSSR count). The summed E-state index contributed by atoms with van der Waals surface area (Å²) in [6, 6.07) is 22.8. The minimum absolute atomic E-state index is 0.401. The Kier molecular flexibility index (Phi) is 6.32. The monoisotopic (exact) mass is 450 g/mol. The van der Waals surface area contributed by atoms with Gasteiger partial charge >= 0.3 is 0 Å². The normalized spacial score (nSPS) is 10.5. The van der Waals surface area contributed by atoms with Crippen molar-refractivity contribution in [3.8, 4) is 0 Å². The van der Waals surface area contributed by atoms with Crippen LogP contribution >= 0.6 is 37.9 Å². The molecule has 0 aliphatic heterocycles. The van der Waals surface area contributed by atoms with Crippen LogP contribution in [0.5, 0.6) is 0 Å². The Hall–Kier alpha value is -2.88. The second kappa shape index (κ2) is 9.29. The van der Waals surface area contributed by atoms with Crippen molar-refractivity contribution < 1.29 is 0 Å². The molecule has 0 fully saturated rings. The SMILES string of the molecule is Sc1ccc(Nc2nc(Nc3ccc(S)cc3)nc(Nc3ccc(S)cc3)n2)cc1. The van der Waals surface area contributed by atoms with Gasteiger partial charge in [0.2, 0.25) is 17.8 Å². The zero-order valence-electron chi connectivity index (χ0n) is 15.6. The number of nitrogens with one attached hydrogen (secondary N) is 3. The van der Waals surface area contributed by atoms with E-state index in [2.05, 4.69) is 68.8 Å². The lowest BCUT2D eigenvalue weighted by atomic mass is 10.3. The molecule has 0 bridgehead atoms. The van der Waals surface area contributed by atoms with Gasteiger partial charge in [0.05, 0.1) is 0 Å². The quantitative estimate of drug-likeness (QED) is 0.203. The van der Waals surface area contributed by atoms with E-state index in [9.17, 15) is 0 Å². The van der Waals surface area contributed by atoms with E-state index >= 15 is 0 Å². The van der Waals surface area contributed by atoms with Crippen molar-refractivity contribution in [2.75, 3.05) is 16.0 Å². The lowest BCUT2D eigenvalue weighted by molar-refractivity contribution is 1.06. The maximum absolute atomic E-state index is 4.49. The van der Waals surface area contributed by atoms with Gasteiger partial charge in [0.15, 0.2) is 0 Å². The van der Waals surface area contributed by atoms with Gasteiger partial charge in [0.25, 0.3) is 0 Å². The van der Waals surface area contributed by atoms with Crippen molar-refractivity contribution in [3.63, 3.8) is 0 Å². The predicted molar refractivity (Wildman–Crippen MR) is 131 cm³/mol. The highest BCUT2D eigenvalue weighted by atomic mass is 32.1. The molecule has 6 nitrogen and oxygen atoms in total. The van der Waals surface area contributed by atoms with E-state index in [0.29, 0.717) is 17.8 Å². The maximum Gasteiger partial charge on any atom is 0.233 e. The highest BCUT2D eigenvalue weighted by Gasteiger charge is 2.08. The number of hydrogen-bond donors (Lipinski definition) is 6. The summed E-state index contributed by atoms with van der Waals surface area (Å²) in [6.07, 6.45) is 0. The van der Waals surface area contributed by atoms with Crippen LogP contribution in [0.2, 0.25) is 0 Å². The summed E-state index contributed by atoms with van der Waals surface area (Å²) in [7, 11) is 0. The Morgan fingerprint density at radius 3 is 0.867 bits per heavy atom. The molecular formula is C21H18N6S3. The first-order chi connectivity index (χ1) is 14.5. The Morgan fingerprint density at radius 1 is 0.400 bits per heavy atom. The molecule has 3 aromatic carbocycles. The van der Waals surface area contributed by atoms with E-state index in [1.807, 2.05) is 72.8 Å². The molecule has 0 saturated carbocycles. The van der Waals surface area contributed by atoms with E-state index < -0.39 is 0 Å². The zero-order chi connectivity index (χ0) is 20.9. The van der Waals surface area contributed by atoms with Gasteiger partial charge in [-0.2, -0.15) is 15.0 Å². The first-order valence-corrected chi connectivity index (χ1v) is 10.3. The molecule has 30 heavy (non-hydrogen) atoms. The summed E-state index contributed by atoms with van der Waals surface area (Å²) < 4.78 is 0. The largest absolute Gasteiger partial charge is 0.324 e. The minimum atomic E-state index is 0.401. The topological polar surface area (TPSA) is 74.8 Å². The van der Waals surface area contributed by atoms with Crippen molar-refractivity contribution in [1.29, 1.82) is 0 Å². The van der Waals surface area contributed by atoms with Crippen LogP contribution in [-0.4, -0.2) is 15.0 Å². The third-order valence-electron chi connectivity index (χ3n) is 4.01. The maximum atomic E-state index is 4.49. The Labute approximate surface area is 190 Å². The summed E-state index contributed by atoms with van der Waals surface area (Å²) in [5.74, 6) is 1.20. The van der Waals surface area contributed by atoms with Gasteiger partial charge in [0, 0.05) is 31.7 Å². The average Bonchev–Trinajstić information content (AvgIpc) is 2.73. The van der Waals surface area contributed by atoms with E-state index in [0.717, 1.165) is 31.7 Å². The van der Waals surface area contributed by atoms with E-state index in [1.54, 1.807) is 0 Å². The fourth-order valence-electron chi connectivity index (χ4n) is 2.57. The van der Waals surface area contributed by atoms with Gasteiger partial charge in [-0.15, -0.1) is 37.9 Å². The number of nitrogens with zero attached hydrogens (tertiary/aromatic N) is 3. The van der Waals surface area contributed by atoms with Crippen LogP contribution in [0.15, 0.2) is 87.5 Å². The van der Waals surface area contributed by atoms with Gasteiger partial charge < -0.3 is 16.0 Å². The summed E-state index contributed by atoms with van der Waals surface area (Å²) in [4.78, 5) is 16.1. The Balaban J connectivity index is 1.64. The molecule has 0 spiro atoms. The molecule has 0 aliphatic rings. The van der Waals surface area contributed by atoms with Crippen molar-refractivity contribution in [1.82, 2.24) is 15.0 Å². The number of aromatic nitrogens is 3. The van der Waals surface area contributed by atoms with Crippen LogP contribution in [-0.2, 0) is 0 Å². The predicted octanol–water partition coefficient (Wildman–Crippen LogP) is 5.97. The Bertz CT molecular complexity index is 974. The van der Waals surface area contributed by atoms with Crippen molar-refractivity contribution in [2.45, 2.75) is 14.7 Å². The van der Waals surface area contributed by atoms with Crippen molar-refractivity contribution in [3.05, 3.63) is 72.8 Å². The molecule has 4 aromatic rings. The van der Waals surface area contributed by atoms with Crippen LogP contribution in [0.25, 0.3) is 0 Å². The Morgan fingerprint density at radius 2 is 0.633 bits per heavy atom. The fraction of sp³-hybridized carbons (Fsp3) is 0. The van der Waals surface area contributed by atoms with Crippen molar-refractivity contribution in [2.24, 2.45) is 0 Å². The van der Waals surface area contributed by atoms with E-state index in [-0.39, 0.29) is 0 Å². The zero-order valence-corrected chi connectivity index (χ0v) is 18.3. The first-order valence-electron chi connectivity index (χ1n) is 8.98. The summed E-state index contributed by atoms with van der Waals surface area (Å²) in [5, 5.41) is 9.60. The number of rotatable bonds is 6. The summed E-state index contributed by atoms with van der Waals surface area (Å²) in [5.41, 5.74) is 2.53. The molecule has 150 valence electrons. The van der Waals surface area contributed by atoms with Gasteiger partial charge in [-0.3, -0.25) is 0 Å². The lowest BCUT2D eigenvalue weighted by Crippen LogP contribution is -2.07. The fourth-order valence-corrected chi connectivity index (χ4v) is 3.01. The van der Waals surface area contributed by atoms with E-state index in [4.69, 9.17) is 0 Å². The number of hydrogen-bond acceptors (Lipinski definition) is 9. The highest BCUT2D eigenvalue weighted by molar-refractivity contribution is 7.80. The van der Waals surface area contributed by atoms with Crippen LogP contribution < -0.4 is 16.0 Å². The highest BCUT2D eigenvalue weighted by Crippen LogP contribution is 2.22. The summed E-state index contributed by atoms with van der Waals surface area (Å²) >= 11 is 12.9. The second-order valence-electron chi connectivity index (χ2n) is 6.32. The molecule has 3 N–H and O–H groups in total. The number of benzene rings is 3. The molecular weight excluding hydrogens is 432 g/mol. The molecule has 1 aromatic heterocycles. The second-order valence-corrected chi connectivity index (χ2v) is 7.87. The molecule has 1 heterocycles. The summed E-state index contributed by atoms with van der Waals surface area (Å²) in [6.45, 7) is 0. The lowest BCUT2D eigenvalue weighted by Gasteiger charge is -2.12. The number of anilines is 6. The average molecular weight is 451 g/mol. The van der Waals surface area contributed by atoms with Crippen LogP contribution in [0.1, 0.15) is 0 Å². The first kappa shape index (κ1) is 20.4. The van der Waals surface area contributed by atoms with Gasteiger partial charge in [-0.05, 0) is 72.8 Å². The van der Waals surface area contributed by atoms with Crippen molar-refractivity contribution >= 4 is 72.8 Å². The third-order valence-corrected chi connectivity index (χ3v) is 4.90. The number of thiol groups is 3. The van der Waals surface area contributed by atoms with Gasteiger partial charge in [-0.1, -0.05) is 0 Å². The van der Waals surface area contributed by atoms with Crippen LogP contribution in [0, 0.1) is 0 Å². The molecule has 0 unspecified atom stereocenters. The van der Waals surface area contributed by atoms with E-state index in [1.165, 1.54) is 0 Å². The van der Waals surface area contributed by atoms with Crippen LogP contribution in [0.4, 0.5) is 34.9 Å². The third kappa shape index (κ3) is 5.59. The molecule has 0 saturated heterocycles. The molecule has 0 amide bonds. The minimum Gasteiger partial charge on any atom is -0.324 e. The van der Waals surface area contributed by atoms with Gasteiger partial charge in [0.1, 0.15) is 0 Å². The molecule has 0 radical (unpaired) electrons.